The first-order valence-corrected chi connectivity index (χ1v) is 7.76. The van der Waals surface area contributed by atoms with Crippen molar-refractivity contribution < 1.29 is 34.4 Å². The molecule has 7 heteroatoms. The van der Waals surface area contributed by atoms with Crippen LogP contribution in [0.5, 0.6) is 0 Å². The number of aliphatic carboxylic acids is 1. The number of unbranched alkanes of at least 4 members (excludes halogenated alkanes) is 1. The van der Waals surface area contributed by atoms with Crippen molar-refractivity contribution in [3.05, 3.63) is 0 Å². The van der Waals surface area contributed by atoms with Gasteiger partial charge in [-0.2, -0.15) is 0 Å². The summed E-state index contributed by atoms with van der Waals surface area (Å²) < 4.78 is 10.4. The van der Waals surface area contributed by atoms with Gasteiger partial charge in [0.15, 0.2) is 0 Å². The summed E-state index contributed by atoms with van der Waals surface area (Å²) in [7, 11) is 0. The van der Waals surface area contributed by atoms with Crippen molar-refractivity contribution in [3.8, 4) is 0 Å². The Kier molecular flexibility index (Phi) is 12.8. The summed E-state index contributed by atoms with van der Waals surface area (Å²) in [5, 5.41) is 26.5. The number of carbonyl (C=O) groups is 2. The number of aliphatic hydroxyl groups is 2. The van der Waals surface area contributed by atoms with E-state index in [0.29, 0.717) is 32.5 Å². The minimum Gasteiger partial charge on any atom is -0.481 e. The minimum atomic E-state index is -1.09. The van der Waals surface area contributed by atoms with Crippen molar-refractivity contribution in [2.45, 2.75) is 51.6 Å². The highest BCUT2D eigenvalue weighted by molar-refractivity contribution is 5.72. The van der Waals surface area contributed by atoms with Crippen LogP contribution < -0.4 is 0 Å². The molecule has 0 aliphatic rings. The topological polar surface area (TPSA) is 113 Å². The van der Waals surface area contributed by atoms with Gasteiger partial charge in [-0.25, -0.2) is 0 Å². The largest absolute Gasteiger partial charge is 0.481 e. The normalized spacial score (nSPS) is 13.6. The summed E-state index contributed by atoms with van der Waals surface area (Å²) in [6.45, 7) is 2.37. The Balaban J connectivity index is 4.18. The highest BCUT2D eigenvalue weighted by Crippen LogP contribution is 2.15. The van der Waals surface area contributed by atoms with Crippen LogP contribution in [0.2, 0.25) is 0 Å². The van der Waals surface area contributed by atoms with Gasteiger partial charge in [-0.15, -0.1) is 0 Å². The number of hydrogen-bond acceptors (Lipinski definition) is 6. The summed E-state index contributed by atoms with van der Waals surface area (Å²) in [6, 6.07) is 0. The van der Waals surface area contributed by atoms with E-state index in [4.69, 9.17) is 19.7 Å². The average molecular weight is 320 g/mol. The van der Waals surface area contributed by atoms with E-state index >= 15 is 0 Å². The van der Waals surface area contributed by atoms with Gasteiger partial charge in [0.1, 0.15) is 12.7 Å². The molecule has 7 nitrogen and oxygen atoms in total. The minimum absolute atomic E-state index is 0.000261. The van der Waals surface area contributed by atoms with Crippen LogP contribution in [0, 0.1) is 5.92 Å². The molecule has 0 aliphatic carbocycles. The van der Waals surface area contributed by atoms with E-state index < -0.39 is 30.6 Å². The molecule has 2 atom stereocenters. The summed E-state index contributed by atoms with van der Waals surface area (Å²) >= 11 is 0. The molecule has 22 heavy (non-hydrogen) atoms. The molecule has 3 N–H and O–H groups in total. The number of hydrogen-bond donors (Lipinski definition) is 3. The lowest BCUT2D eigenvalue weighted by Crippen LogP contribution is -2.26. The average Bonchev–Trinajstić information content (AvgIpc) is 2.49. The Morgan fingerprint density at radius 1 is 1.14 bits per heavy atom. The zero-order valence-electron chi connectivity index (χ0n) is 13.2. The molecular formula is C15H28O7. The molecule has 0 aromatic carbocycles. The van der Waals surface area contributed by atoms with Crippen molar-refractivity contribution in [2.75, 3.05) is 26.4 Å². The quantitative estimate of drug-likeness (QED) is 0.323. The third kappa shape index (κ3) is 11.5. The molecule has 0 aliphatic heterocycles. The van der Waals surface area contributed by atoms with Crippen LogP contribution in [-0.4, -0.2) is 59.8 Å². The van der Waals surface area contributed by atoms with Crippen LogP contribution >= 0.6 is 0 Å². The van der Waals surface area contributed by atoms with Gasteiger partial charge in [0, 0.05) is 19.6 Å². The van der Waals surface area contributed by atoms with Crippen molar-refractivity contribution in [2.24, 2.45) is 5.92 Å². The number of carboxylic acids is 1. The first kappa shape index (κ1) is 20.8. The highest BCUT2D eigenvalue weighted by atomic mass is 16.5. The van der Waals surface area contributed by atoms with E-state index in [2.05, 4.69) is 6.92 Å². The van der Waals surface area contributed by atoms with Gasteiger partial charge in [-0.1, -0.05) is 13.3 Å². The Bertz CT molecular complexity index is 306. The standard InChI is InChI=1S/C15H28O7/c1-2-3-8-21-9-7-12(5-4-6-14(18)19)15(20)22-11-13(17)10-16/h12-13,16-17H,2-11H2,1H3,(H,18,19). The second-order valence-electron chi connectivity index (χ2n) is 5.20. The lowest BCUT2D eigenvalue weighted by molar-refractivity contribution is -0.153. The van der Waals surface area contributed by atoms with E-state index in [1.54, 1.807) is 0 Å². The van der Waals surface area contributed by atoms with Crippen LogP contribution in [0.15, 0.2) is 0 Å². The SMILES string of the molecule is CCCCOCCC(CCCC(=O)O)C(=O)OCC(O)CO. The molecular weight excluding hydrogens is 292 g/mol. The van der Waals surface area contributed by atoms with Crippen LogP contribution in [0.3, 0.4) is 0 Å². The smallest absolute Gasteiger partial charge is 0.309 e. The molecule has 0 aromatic rings. The number of carbonyl (C=O) groups excluding carboxylic acids is 1. The summed E-state index contributed by atoms with van der Waals surface area (Å²) in [6.07, 6.45) is 2.13. The second-order valence-corrected chi connectivity index (χ2v) is 5.20. The molecule has 0 spiro atoms. The summed E-state index contributed by atoms with van der Waals surface area (Å²) in [4.78, 5) is 22.5. The molecule has 0 rings (SSSR count). The van der Waals surface area contributed by atoms with Crippen LogP contribution in [0.4, 0.5) is 0 Å². The van der Waals surface area contributed by atoms with Crippen LogP contribution in [0.1, 0.15) is 45.4 Å². The zero-order chi connectivity index (χ0) is 16.8. The predicted octanol–water partition coefficient (Wildman–Crippen LogP) is 0.961. The summed E-state index contributed by atoms with van der Waals surface area (Å²) in [5.41, 5.74) is 0. The molecule has 0 heterocycles. The Labute approximate surface area is 131 Å². The lowest BCUT2D eigenvalue weighted by atomic mass is 9.99. The van der Waals surface area contributed by atoms with E-state index in [9.17, 15) is 14.7 Å². The zero-order valence-corrected chi connectivity index (χ0v) is 13.2. The molecule has 0 saturated heterocycles. The van der Waals surface area contributed by atoms with Gasteiger partial charge in [0.25, 0.3) is 0 Å². The molecule has 0 radical (unpaired) electrons. The first-order valence-electron chi connectivity index (χ1n) is 7.76. The third-order valence-electron chi connectivity index (χ3n) is 3.16. The fraction of sp³-hybridized carbons (Fsp3) is 0.867. The predicted molar refractivity (Wildman–Crippen MR) is 79.4 cm³/mol. The fourth-order valence-electron chi connectivity index (χ4n) is 1.80. The lowest BCUT2D eigenvalue weighted by Gasteiger charge is -2.17. The van der Waals surface area contributed by atoms with Crippen molar-refractivity contribution in [1.82, 2.24) is 0 Å². The number of carboxylic acid groups (broad SMARTS) is 1. The summed E-state index contributed by atoms with van der Waals surface area (Å²) in [5.74, 6) is -1.84. The van der Waals surface area contributed by atoms with Crippen LogP contribution in [-0.2, 0) is 19.1 Å². The van der Waals surface area contributed by atoms with Gasteiger partial charge in [0.05, 0.1) is 12.5 Å². The Hall–Kier alpha value is -1.18. The van der Waals surface area contributed by atoms with Gasteiger partial charge in [-0.3, -0.25) is 9.59 Å². The van der Waals surface area contributed by atoms with E-state index in [-0.39, 0.29) is 13.0 Å². The maximum absolute atomic E-state index is 11.9. The Morgan fingerprint density at radius 3 is 2.45 bits per heavy atom. The maximum Gasteiger partial charge on any atom is 0.309 e. The number of ether oxygens (including phenoxy) is 2. The first-order chi connectivity index (χ1) is 10.5. The van der Waals surface area contributed by atoms with Gasteiger partial charge < -0.3 is 24.8 Å². The molecule has 0 fully saturated rings. The fourth-order valence-corrected chi connectivity index (χ4v) is 1.80. The molecule has 0 aromatic heterocycles. The van der Waals surface area contributed by atoms with E-state index in [1.165, 1.54) is 0 Å². The highest BCUT2D eigenvalue weighted by Gasteiger charge is 2.21. The maximum atomic E-state index is 11.9. The van der Waals surface area contributed by atoms with Gasteiger partial charge in [-0.05, 0) is 25.7 Å². The van der Waals surface area contributed by atoms with Crippen molar-refractivity contribution in [1.29, 1.82) is 0 Å². The molecule has 0 amide bonds. The van der Waals surface area contributed by atoms with E-state index in [1.807, 2.05) is 0 Å². The van der Waals surface area contributed by atoms with Gasteiger partial charge in [0.2, 0.25) is 0 Å². The molecule has 0 saturated carbocycles. The molecule has 2 unspecified atom stereocenters. The monoisotopic (exact) mass is 320 g/mol. The molecule has 130 valence electrons. The van der Waals surface area contributed by atoms with E-state index in [0.717, 1.165) is 12.8 Å². The third-order valence-corrected chi connectivity index (χ3v) is 3.16. The van der Waals surface area contributed by atoms with Crippen molar-refractivity contribution in [3.63, 3.8) is 0 Å². The van der Waals surface area contributed by atoms with Crippen molar-refractivity contribution >= 4 is 11.9 Å². The number of esters is 1. The number of rotatable bonds is 14. The van der Waals surface area contributed by atoms with Crippen LogP contribution in [0.25, 0.3) is 0 Å². The van der Waals surface area contributed by atoms with Gasteiger partial charge >= 0.3 is 11.9 Å². The molecule has 0 bridgehead atoms. The number of aliphatic hydroxyl groups excluding tert-OH is 2. The second kappa shape index (κ2) is 13.5. The Morgan fingerprint density at radius 2 is 1.86 bits per heavy atom.